The molecular weight excluding hydrogens is 196 g/mol. The molecule has 0 aliphatic heterocycles. The molecule has 0 fully saturated rings. The van der Waals surface area contributed by atoms with Crippen LogP contribution in [0.1, 0.15) is 38.7 Å². The lowest BCUT2D eigenvalue weighted by molar-refractivity contribution is 0.545. The van der Waals surface area contributed by atoms with Crippen molar-refractivity contribution in [2.75, 3.05) is 17.6 Å². The van der Waals surface area contributed by atoms with Crippen LogP contribution >= 0.6 is 0 Å². The molecule has 0 unspecified atom stereocenters. The number of hydrogen-bond donors (Lipinski definition) is 2. The Morgan fingerprint density at radius 2 is 2.00 bits per heavy atom. The highest BCUT2D eigenvalue weighted by Gasteiger charge is 2.00. The van der Waals surface area contributed by atoms with Gasteiger partial charge in [-0.1, -0.05) is 32.8 Å². The summed E-state index contributed by atoms with van der Waals surface area (Å²) in [4.78, 5) is 0. The molecule has 1 rings (SSSR count). The maximum atomic E-state index is 5.85. The summed E-state index contributed by atoms with van der Waals surface area (Å²) in [6.07, 6.45) is 3.84. The number of benzene rings is 1. The first kappa shape index (κ1) is 12.9. The molecule has 3 N–H and O–H groups in total. The number of hydrogen-bond acceptors (Lipinski definition) is 2. The van der Waals surface area contributed by atoms with Crippen molar-refractivity contribution >= 4 is 11.4 Å². The molecular formula is C14H24N2. The first-order chi connectivity index (χ1) is 7.61. The molecule has 0 aliphatic carbocycles. The Balaban J connectivity index is 2.29. The number of rotatable bonds is 6. The van der Waals surface area contributed by atoms with Gasteiger partial charge in [-0.3, -0.25) is 0 Å². The van der Waals surface area contributed by atoms with Crippen LogP contribution in [-0.2, 0) is 0 Å². The van der Waals surface area contributed by atoms with Gasteiger partial charge in [0.1, 0.15) is 0 Å². The van der Waals surface area contributed by atoms with Crippen molar-refractivity contribution in [3.05, 3.63) is 23.8 Å². The average Bonchev–Trinajstić information content (AvgIpc) is 2.23. The predicted molar refractivity (Wildman–Crippen MR) is 72.8 cm³/mol. The van der Waals surface area contributed by atoms with Gasteiger partial charge in [0.15, 0.2) is 0 Å². The Hall–Kier alpha value is -1.18. The van der Waals surface area contributed by atoms with E-state index in [9.17, 15) is 0 Å². The molecule has 90 valence electrons. The molecule has 0 saturated carbocycles. The van der Waals surface area contributed by atoms with Crippen LogP contribution in [0.5, 0.6) is 0 Å². The van der Waals surface area contributed by atoms with Crippen LogP contribution in [0.3, 0.4) is 0 Å². The van der Waals surface area contributed by atoms with E-state index in [2.05, 4.69) is 32.2 Å². The third kappa shape index (κ3) is 4.13. The van der Waals surface area contributed by atoms with E-state index in [-0.39, 0.29) is 0 Å². The van der Waals surface area contributed by atoms with Crippen LogP contribution in [0.4, 0.5) is 11.4 Å². The Morgan fingerprint density at radius 1 is 1.25 bits per heavy atom. The van der Waals surface area contributed by atoms with Crippen LogP contribution in [0.15, 0.2) is 18.2 Å². The normalized spacial score (nSPS) is 10.8. The lowest BCUT2D eigenvalue weighted by atomic mass is 10.1. The monoisotopic (exact) mass is 220 g/mol. The SMILES string of the molecule is Cc1c(N)cccc1NCCCCC(C)C. The Kier molecular flexibility index (Phi) is 5.17. The number of nitrogens with two attached hydrogens (primary N) is 1. The highest BCUT2D eigenvalue weighted by Crippen LogP contribution is 2.20. The number of nitrogens with one attached hydrogen (secondary N) is 1. The van der Waals surface area contributed by atoms with Crippen LogP contribution in [0.25, 0.3) is 0 Å². The predicted octanol–water partition coefficient (Wildman–Crippen LogP) is 3.82. The molecule has 0 bridgehead atoms. The first-order valence-electron chi connectivity index (χ1n) is 6.20. The van der Waals surface area contributed by atoms with Gasteiger partial charge in [-0.2, -0.15) is 0 Å². The summed E-state index contributed by atoms with van der Waals surface area (Å²) in [5, 5.41) is 3.45. The molecule has 0 radical (unpaired) electrons. The molecule has 2 heteroatoms. The zero-order chi connectivity index (χ0) is 12.0. The first-order valence-corrected chi connectivity index (χ1v) is 6.20. The summed E-state index contributed by atoms with van der Waals surface area (Å²) in [6.45, 7) is 7.65. The average molecular weight is 220 g/mol. The topological polar surface area (TPSA) is 38.0 Å². The quantitative estimate of drug-likeness (QED) is 0.565. The molecule has 0 aliphatic rings. The zero-order valence-electron chi connectivity index (χ0n) is 10.7. The van der Waals surface area contributed by atoms with Crippen molar-refractivity contribution in [3.8, 4) is 0 Å². The van der Waals surface area contributed by atoms with Crippen molar-refractivity contribution < 1.29 is 0 Å². The van der Waals surface area contributed by atoms with Gasteiger partial charge >= 0.3 is 0 Å². The lowest BCUT2D eigenvalue weighted by Gasteiger charge is -2.11. The molecule has 0 spiro atoms. The third-order valence-corrected chi connectivity index (χ3v) is 2.90. The highest BCUT2D eigenvalue weighted by atomic mass is 14.9. The maximum absolute atomic E-state index is 5.85. The summed E-state index contributed by atoms with van der Waals surface area (Å²) in [5.74, 6) is 0.814. The Morgan fingerprint density at radius 3 is 2.69 bits per heavy atom. The van der Waals surface area contributed by atoms with E-state index < -0.39 is 0 Å². The molecule has 0 atom stereocenters. The second-order valence-electron chi connectivity index (χ2n) is 4.84. The fourth-order valence-electron chi connectivity index (χ4n) is 1.75. The fraction of sp³-hybridized carbons (Fsp3) is 0.571. The fourth-order valence-corrected chi connectivity index (χ4v) is 1.75. The number of unbranched alkanes of at least 4 members (excludes halogenated alkanes) is 1. The summed E-state index contributed by atoms with van der Waals surface area (Å²) < 4.78 is 0. The van der Waals surface area contributed by atoms with Gasteiger partial charge in [0.2, 0.25) is 0 Å². The van der Waals surface area contributed by atoms with Gasteiger partial charge in [0.05, 0.1) is 0 Å². The second-order valence-corrected chi connectivity index (χ2v) is 4.84. The summed E-state index contributed by atoms with van der Waals surface area (Å²) in [6, 6.07) is 6.03. The molecule has 0 amide bonds. The van der Waals surface area contributed by atoms with E-state index in [0.29, 0.717) is 0 Å². The van der Waals surface area contributed by atoms with E-state index in [1.54, 1.807) is 0 Å². The smallest absolute Gasteiger partial charge is 0.0390 e. The molecule has 1 aromatic rings. The third-order valence-electron chi connectivity index (χ3n) is 2.90. The van der Waals surface area contributed by atoms with Gasteiger partial charge in [0, 0.05) is 17.9 Å². The van der Waals surface area contributed by atoms with Gasteiger partial charge in [-0.15, -0.1) is 0 Å². The minimum Gasteiger partial charge on any atom is -0.398 e. The van der Waals surface area contributed by atoms with Gasteiger partial charge in [-0.05, 0) is 37.0 Å². The van der Waals surface area contributed by atoms with Crippen LogP contribution in [0, 0.1) is 12.8 Å². The molecule has 0 saturated heterocycles. The number of nitrogen functional groups attached to an aromatic ring is 1. The summed E-state index contributed by atoms with van der Waals surface area (Å²) in [5.41, 5.74) is 9.05. The summed E-state index contributed by atoms with van der Waals surface area (Å²) >= 11 is 0. The largest absolute Gasteiger partial charge is 0.398 e. The lowest BCUT2D eigenvalue weighted by Crippen LogP contribution is -2.04. The van der Waals surface area contributed by atoms with Crippen molar-refractivity contribution in [1.82, 2.24) is 0 Å². The molecule has 1 aromatic carbocycles. The van der Waals surface area contributed by atoms with E-state index >= 15 is 0 Å². The van der Waals surface area contributed by atoms with E-state index in [4.69, 9.17) is 5.73 Å². The zero-order valence-corrected chi connectivity index (χ0v) is 10.7. The second kappa shape index (κ2) is 6.41. The van der Waals surface area contributed by atoms with Gasteiger partial charge in [-0.25, -0.2) is 0 Å². The van der Waals surface area contributed by atoms with Crippen LogP contribution in [0.2, 0.25) is 0 Å². The van der Waals surface area contributed by atoms with E-state index in [1.807, 2.05) is 12.1 Å². The van der Waals surface area contributed by atoms with Gasteiger partial charge < -0.3 is 11.1 Å². The highest BCUT2D eigenvalue weighted by molar-refractivity contribution is 5.62. The van der Waals surface area contributed by atoms with Gasteiger partial charge in [0.25, 0.3) is 0 Å². The number of anilines is 2. The molecule has 0 aromatic heterocycles. The Labute approximate surface area is 99.2 Å². The molecule has 16 heavy (non-hydrogen) atoms. The van der Waals surface area contributed by atoms with Crippen LogP contribution < -0.4 is 11.1 Å². The van der Waals surface area contributed by atoms with E-state index in [1.165, 1.54) is 24.9 Å². The summed E-state index contributed by atoms with van der Waals surface area (Å²) in [7, 11) is 0. The minimum absolute atomic E-state index is 0.814. The molecule has 0 heterocycles. The molecule has 2 nitrogen and oxygen atoms in total. The van der Waals surface area contributed by atoms with Crippen LogP contribution in [-0.4, -0.2) is 6.54 Å². The maximum Gasteiger partial charge on any atom is 0.0390 e. The Bertz CT molecular complexity index is 319. The van der Waals surface area contributed by atoms with Crippen molar-refractivity contribution in [3.63, 3.8) is 0 Å². The van der Waals surface area contributed by atoms with Crippen molar-refractivity contribution in [1.29, 1.82) is 0 Å². The van der Waals surface area contributed by atoms with Crippen molar-refractivity contribution in [2.24, 2.45) is 5.92 Å². The van der Waals surface area contributed by atoms with E-state index in [0.717, 1.165) is 23.7 Å². The minimum atomic E-state index is 0.814. The van der Waals surface area contributed by atoms with Crippen molar-refractivity contribution in [2.45, 2.75) is 40.0 Å². The standard InChI is InChI=1S/C14H24N2/c1-11(2)7-4-5-10-16-14-9-6-8-13(15)12(14)3/h6,8-9,11,16H,4-5,7,10,15H2,1-3H3.